The zero-order valence-electron chi connectivity index (χ0n) is 22.6. The third-order valence-electron chi connectivity index (χ3n) is 6.14. The number of rotatable bonds is 12. The van der Waals surface area contributed by atoms with Gasteiger partial charge in [-0.05, 0) is 75.7 Å². The summed E-state index contributed by atoms with van der Waals surface area (Å²) in [6.07, 6.45) is 0. The van der Waals surface area contributed by atoms with Crippen molar-refractivity contribution in [3.05, 3.63) is 88.9 Å². The fourth-order valence-corrected chi connectivity index (χ4v) is 5.57. The van der Waals surface area contributed by atoms with Crippen LogP contribution < -0.4 is 14.4 Å². The Morgan fingerprint density at radius 3 is 2.21 bits per heavy atom. The first-order valence-corrected chi connectivity index (χ1v) is 14.5. The van der Waals surface area contributed by atoms with Crippen LogP contribution in [0.1, 0.15) is 31.9 Å². The molecule has 10 heteroatoms. The van der Waals surface area contributed by atoms with E-state index in [-0.39, 0.29) is 23.0 Å². The number of carbonyl (C=O) groups excluding carboxylic acids is 2. The molecule has 1 atom stereocenters. The number of amides is 2. The number of aryl methyl sites for hydroxylation is 1. The molecule has 0 aliphatic carbocycles. The third-order valence-corrected chi connectivity index (χ3v) is 8.30. The fourth-order valence-electron chi connectivity index (χ4n) is 3.96. The summed E-state index contributed by atoms with van der Waals surface area (Å²) in [5.74, 6) is -0.337. The largest absolute Gasteiger partial charge is 0.494 e. The Hall–Kier alpha value is -3.56. The highest BCUT2D eigenvalue weighted by atomic mass is 35.5. The van der Waals surface area contributed by atoms with Gasteiger partial charge in [0.1, 0.15) is 18.3 Å². The molecular formula is C29H34ClN3O5S. The SMILES string of the molecule is CCNC(=O)C(C)N(Cc1ccccc1Cl)C(=O)CN(c1ccc(OCC)cc1)S(=O)(=O)c1ccc(C)cc1. The molecular weight excluding hydrogens is 538 g/mol. The van der Waals surface area contributed by atoms with E-state index in [1.165, 1.54) is 17.0 Å². The van der Waals surface area contributed by atoms with Gasteiger partial charge in [-0.15, -0.1) is 0 Å². The molecule has 0 spiro atoms. The van der Waals surface area contributed by atoms with Gasteiger partial charge in [-0.3, -0.25) is 13.9 Å². The summed E-state index contributed by atoms with van der Waals surface area (Å²) >= 11 is 6.37. The zero-order valence-corrected chi connectivity index (χ0v) is 24.1. The van der Waals surface area contributed by atoms with Crippen LogP contribution in [0, 0.1) is 6.92 Å². The van der Waals surface area contributed by atoms with E-state index in [1.807, 2.05) is 13.8 Å². The van der Waals surface area contributed by atoms with E-state index in [9.17, 15) is 18.0 Å². The number of carbonyl (C=O) groups is 2. The summed E-state index contributed by atoms with van der Waals surface area (Å²) in [5, 5.41) is 3.17. The van der Waals surface area contributed by atoms with Crippen LogP contribution in [0.2, 0.25) is 5.02 Å². The molecule has 0 fully saturated rings. The number of halogens is 1. The van der Waals surface area contributed by atoms with Crippen LogP contribution in [0.4, 0.5) is 5.69 Å². The van der Waals surface area contributed by atoms with Gasteiger partial charge in [0.2, 0.25) is 11.8 Å². The number of nitrogens with one attached hydrogen (secondary N) is 1. The molecule has 3 aromatic rings. The topological polar surface area (TPSA) is 96.0 Å². The lowest BCUT2D eigenvalue weighted by atomic mass is 10.1. The molecule has 0 saturated heterocycles. The van der Waals surface area contributed by atoms with Crippen molar-refractivity contribution in [2.24, 2.45) is 0 Å². The smallest absolute Gasteiger partial charge is 0.264 e. The lowest BCUT2D eigenvalue weighted by Gasteiger charge is -2.32. The van der Waals surface area contributed by atoms with Gasteiger partial charge < -0.3 is 15.0 Å². The first-order chi connectivity index (χ1) is 18.6. The van der Waals surface area contributed by atoms with E-state index < -0.39 is 28.5 Å². The number of hydrogen-bond acceptors (Lipinski definition) is 5. The Bertz CT molecular complexity index is 1380. The lowest BCUT2D eigenvalue weighted by Crippen LogP contribution is -2.51. The second-order valence-electron chi connectivity index (χ2n) is 8.94. The number of likely N-dealkylation sites (N-methyl/N-ethyl adjacent to an activating group) is 1. The molecule has 0 saturated carbocycles. The standard InChI is InChI=1S/C29H34ClN3O5S/c1-5-31-29(35)22(4)32(19-23-9-7-8-10-27(23)30)28(34)20-33(24-13-15-25(16-14-24)38-6-2)39(36,37)26-17-11-21(3)12-18-26/h7-18,22H,5-6,19-20H2,1-4H3,(H,31,35). The zero-order chi connectivity index (χ0) is 28.6. The predicted molar refractivity (Wildman–Crippen MR) is 153 cm³/mol. The number of sulfonamides is 1. The number of benzene rings is 3. The molecule has 3 aromatic carbocycles. The van der Waals surface area contributed by atoms with Crippen LogP contribution >= 0.6 is 11.6 Å². The van der Waals surface area contributed by atoms with Crippen molar-refractivity contribution in [2.45, 2.75) is 45.2 Å². The normalized spacial score (nSPS) is 11.9. The van der Waals surface area contributed by atoms with Gasteiger partial charge in [0.15, 0.2) is 0 Å². The monoisotopic (exact) mass is 571 g/mol. The molecule has 39 heavy (non-hydrogen) atoms. The Labute approximate surface area is 235 Å². The molecule has 2 amide bonds. The van der Waals surface area contributed by atoms with Crippen molar-refractivity contribution in [1.29, 1.82) is 0 Å². The van der Waals surface area contributed by atoms with Gasteiger partial charge in [0.25, 0.3) is 10.0 Å². The Balaban J connectivity index is 2.04. The van der Waals surface area contributed by atoms with Gasteiger partial charge in [-0.25, -0.2) is 8.42 Å². The second kappa shape index (κ2) is 13.5. The first kappa shape index (κ1) is 30.0. The number of nitrogens with zero attached hydrogens (tertiary/aromatic N) is 2. The van der Waals surface area contributed by atoms with E-state index in [0.717, 1.165) is 9.87 Å². The Morgan fingerprint density at radius 1 is 0.974 bits per heavy atom. The first-order valence-electron chi connectivity index (χ1n) is 12.7. The van der Waals surface area contributed by atoms with E-state index in [4.69, 9.17) is 16.3 Å². The quantitative estimate of drug-likeness (QED) is 0.337. The van der Waals surface area contributed by atoms with Crippen LogP contribution in [-0.4, -0.2) is 50.9 Å². The van der Waals surface area contributed by atoms with Gasteiger partial charge in [-0.2, -0.15) is 0 Å². The minimum absolute atomic E-state index is 0.0263. The summed E-state index contributed by atoms with van der Waals surface area (Å²) in [6, 6.07) is 19.1. The Morgan fingerprint density at radius 2 is 1.62 bits per heavy atom. The van der Waals surface area contributed by atoms with E-state index in [2.05, 4.69) is 5.32 Å². The van der Waals surface area contributed by atoms with E-state index in [1.54, 1.807) is 74.5 Å². The molecule has 0 aromatic heterocycles. The highest BCUT2D eigenvalue weighted by Crippen LogP contribution is 2.27. The van der Waals surface area contributed by atoms with Crippen LogP contribution in [0.5, 0.6) is 5.75 Å². The summed E-state index contributed by atoms with van der Waals surface area (Å²) in [4.78, 5) is 28.0. The maximum atomic E-state index is 13.9. The molecule has 0 heterocycles. The fraction of sp³-hybridized carbons (Fsp3) is 0.310. The molecule has 208 valence electrons. The van der Waals surface area contributed by atoms with Crippen molar-refractivity contribution >= 4 is 39.1 Å². The second-order valence-corrected chi connectivity index (χ2v) is 11.2. The molecule has 0 aliphatic rings. The number of anilines is 1. The summed E-state index contributed by atoms with van der Waals surface area (Å²) in [7, 11) is -4.14. The van der Waals surface area contributed by atoms with Crippen LogP contribution in [0.15, 0.2) is 77.7 Å². The highest BCUT2D eigenvalue weighted by molar-refractivity contribution is 7.92. The molecule has 3 rings (SSSR count). The summed E-state index contributed by atoms with van der Waals surface area (Å²) in [5.41, 5.74) is 1.83. The van der Waals surface area contributed by atoms with Gasteiger partial charge in [0.05, 0.1) is 17.2 Å². The molecule has 0 bridgehead atoms. The van der Waals surface area contributed by atoms with Crippen LogP contribution in [0.3, 0.4) is 0 Å². The number of hydrogen-bond donors (Lipinski definition) is 1. The molecule has 1 unspecified atom stereocenters. The van der Waals surface area contributed by atoms with Crippen LogP contribution in [0.25, 0.3) is 0 Å². The maximum absolute atomic E-state index is 13.9. The van der Waals surface area contributed by atoms with Crippen molar-refractivity contribution in [1.82, 2.24) is 10.2 Å². The minimum Gasteiger partial charge on any atom is -0.494 e. The predicted octanol–water partition coefficient (Wildman–Crippen LogP) is 4.80. The van der Waals surface area contributed by atoms with Crippen molar-refractivity contribution < 1.29 is 22.7 Å². The molecule has 1 N–H and O–H groups in total. The minimum atomic E-state index is -4.14. The lowest BCUT2D eigenvalue weighted by molar-refractivity contribution is -0.139. The van der Waals surface area contributed by atoms with Gasteiger partial charge in [-0.1, -0.05) is 47.5 Å². The van der Waals surface area contributed by atoms with E-state index in [0.29, 0.717) is 29.5 Å². The van der Waals surface area contributed by atoms with E-state index >= 15 is 0 Å². The number of ether oxygens (including phenoxy) is 1. The Kier molecular flexibility index (Phi) is 10.4. The van der Waals surface area contributed by atoms with Crippen molar-refractivity contribution in [3.8, 4) is 5.75 Å². The highest BCUT2D eigenvalue weighted by Gasteiger charge is 2.32. The van der Waals surface area contributed by atoms with Gasteiger partial charge >= 0.3 is 0 Å². The maximum Gasteiger partial charge on any atom is 0.264 e. The van der Waals surface area contributed by atoms with Crippen LogP contribution in [-0.2, 0) is 26.2 Å². The van der Waals surface area contributed by atoms with Gasteiger partial charge in [0, 0.05) is 18.1 Å². The molecule has 8 nitrogen and oxygen atoms in total. The van der Waals surface area contributed by atoms with Crippen molar-refractivity contribution in [2.75, 3.05) is 24.0 Å². The molecule has 0 aliphatic heterocycles. The van der Waals surface area contributed by atoms with Crippen molar-refractivity contribution in [3.63, 3.8) is 0 Å². The summed E-state index contributed by atoms with van der Waals surface area (Å²) in [6.45, 7) is 7.44. The average molecular weight is 572 g/mol. The molecule has 0 radical (unpaired) electrons. The average Bonchev–Trinajstić information content (AvgIpc) is 2.92. The third kappa shape index (κ3) is 7.52. The summed E-state index contributed by atoms with van der Waals surface area (Å²) < 4.78 is 34.3.